The molecule has 168 valence electrons. The second kappa shape index (κ2) is 10.5. The Morgan fingerprint density at radius 2 is 1.16 bits per heavy atom. The van der Waals surface area contributed by atoms with Crippen molar-refractivity contribution in [1.29, 1.82) is 0 Å². The normalized spacial score (nSPS) is 14.1. The Bertz CT molecular complexity index is 1020. The molecule has 0 fully saturated rings. The molecule has 0 saturated carbocycles. The van der Waals surface area contributed by atoms with Crippen LogP contribution in [0.4, 0.5) is 11.4 Å². The molecule has 0 saturated heterocycles. The Morgan fingerprint density at radius 1 is 0.719 bits per heavy atom. The first-order chi connectivity index (χ1) is 15.6. The zero-order chi connectivity index (χ0) is 22.5. The van der Waals surface area contributed by atoms with Crippen molar-refractivity contribution >= 4 is 67.7 Å². The topological polar surface area (TPSA) is 77.3 Å². The summed E-state index contributed by atoms with van der Waals surface area (Å²) in [5.74, 6) is -0.767. The largest absolute Gasteiger partial charge is 0.461 e. The number of hydrogen-bond donors (Lipinski definition) is 0. The van der Waals surface area contributed by atoms with Gasteiger partial charge in [-0.1, -0.05) is 63.1 Å². The van der Waals surface area contributed by atoms with Gasteiger partial charge in [0.05, 0.1) is 24.6 Å². The first-order valence-electron chi connectivity index (χ1n) is 11.1. The highest BCUT2D eigenvalue weighted by atomic mass is 32.2. The first-order valence-corrected chi connectivity index (χ1v) is 12.7. The van der Waals surface area contributed by atoms with Crippen LogP contribution in [0.15, 0.2) is 44.0 Å². The first kappa shape index (κ1) is 22.9. The number of carbonyl (C=O) groups is 2. The Balaban J connectivity index is 1.57. The molecule has 0 unspecified atom stereocenters. The molecule has 8 heteroatoms. The number of ether oxygens (including phenoxy) is 2. The van der Waals surface area contributed by atoms with Gasteiger partial charge in [0.1, 0.15) is 0 Å². The smallest absolute Gasteiger partial charge is 0.364 e. The molecule has 0 N–H and O–H groups in total. The fourth-order valence-corrected chi connectivity index (χ4v) is 5.44. The van der Waals surface area contributed by atoms with Gasteiger partial charge in [-0.25, -0.2) is 19.6 Å². The maximum Gasteiger partial charge on any atom is 0.364 e. The Morgan fingerprint density at radius 3 is 1.56 bits per heavy atom. The highest BCUT2D eigenvalue weighted by Crippen LogP contribution is 2.49. The third-order valence-corrected chi connectivity index (χ3v) is 7.23. The third kappa shape index (κ3) is 4.86. The molecule has 2 heterocycles. The molecule has 2 aromatic carbocycles. The van der Waals surface area contributed by atoms with E-state index >= 15 is 0 Å². The van der Waals surface area contributed by atoms with E-state index in [1.807, 2.05) is 24.3 Å². The van der Waals surface area contributed by atoms with Gasteiger partial charge in [-0.3, -0.25) is 0 Å². The van der Waals surface area contributed by atoms with Crippen LogP contribution in [-0.2, 0) is 19.1 Å². The van der Waals surface area contributed by atoms with Crippen molar-refractivity contribution in [2.45, 2.75) is 62.2 Å². The minimum Gasteiger partial charge on any atom is -0.461 e. The summed E-state index contributed by atoms with van der Waals surface area (Å²) in [4.78, 5) is 36.0. The standard InChI is InChI=1S/C24H26N2O4S2/c1-3-5-7-13-29-23(27)21-25-15-9-12-18-20-16(10-11-17(31-21)19(15)20)26-22(32-18)24(28)30-14-8-6-4-2/h9-12H,3-8,13-14H2,1-2H3. The Kier molecular flexibility index (Phi) is 7.52. The van der Waals surface area contributed by atoms with Crippen molar-refractivity contribution in [1.82, 2.24) is 0 Å². The predicted octanol–water partition coefficient (Wildman–Crippen LogP) is 6.58. The number of nitrogens with zero attached hydrogens (tertiary/aromatic N) is 2. The van der Waals surface area contributed by atoms with Gasteiger partial charge in [-0.2, -0.15) is 0 Å². The van der Waals surface area contributed by atoms with Crippen LogP contribution in [0.3, 0.4) is 0 Å². The lowest BCUT2D eigenvalue weighted by molar-refractivity contribution is -0.136. The average molecular weight is 471 g/mol. The summed E-state index contributed by atoms with van der Waals surface area (Å²) in [7, 11) is 0. The van der Waals surface area contributed by atoms with Crippen molar-refractivity contribution in [3.8, 4) is 0 Å². The van der Waals surface area contributed by atoms with Crippen molar-refractivity contribution in [3.63, 3.8) is 0 Å². The molecular weight excluding hydrogens is 444 g/mol. The number of esters is 2. The molecule has 32 heavy (non-hydrogen) atoms. The zero-order valence-corrected chi connectivity index (χ0v) is 19.9. The van der Waals surface area contributed by atoms with Gasteiger partial charge < -0.3 is 9.47 Å². The number of rotatable bonds is 10. The summed E-state index contributed by atoms with van der Waals surface area (Å²) >= 11 is 2.64. The van der Waals surface area contributed by atoms with E-state index < -0.39 is 0 Å². The van der Waals surface area contributed by atoms with Crippen molar-refractivity contribution in [2.24, 2.45) is 9.98 Å². The molecule has 0 bridgehead atoms. The quantitative estimate of drug-likeness (QED) is 0.288. The molecule has 2 aromatic rings. The van der Waals surface area contributed by atoms with Crippen LogP contribution in [-0.4, -0.2) is 35.2 Å². The Hall–Kier alpha value is -2.32. The monoisotopic (exact) mass is 470 g/mol. The van der Waals surface area contributed by atoms with E-state index in [9.17, 15) is 9.59 Å². The van der Waals surface area contributed by atoms with Gasteiger partial charge in [0.15, 0.2) is 10.1 Å². The highest BCUT2D eigenvalue weighted by molar-refractivity contribution is 8.16. The van der Waals surface area contributed by atoms with Gasteiger partial charge in [-0.15, -0.1) is 0 Å². The summed E-state index contributed by atoms with van der Waals surface area (Å²) in [5.41, 5.74) is 1.45. The van der Waals surface area contributed by atoms with Gasteiger partial charge in [-0.05, 0) is 37.1 Å². The molecule has 0 aromatic heterocycles. The SMILES string of the molecule is CCCCCOC(=O)C1=Nc2ccc3c4c(ccc(c24)S1)N=C(C(=O)OCCCCC)S3. The van der Waals surface area contributed by atoms with E-state index in [2.05, 4.69) is 23.8 Å². The van der Waals surface area contributed by atoms with Crippen LogP contribution >= 0.6 is 23.5 Å². The maximum atomic E-state index is 12.5. The van der Waals surface area contributed by atoms with Gasteiger partial charge >= 0.3 is 11.9 Å². The second-order valence-electron chi connectivity index (χ2n) is 7.64. The van der Waals surface area contributed by atoms with Crippen molar-refractivity contribution < 1.29 is 19.1 Å². The minimum absolute atomic E-state index is 0.348. The van der Waals surface area contributed by atoms with Gasteiger partial charge in [0, 0.05) is 20.6 Å². The molecule has 2 aliphatic rings. The number of aliphatic imine (C=N–C) groups is 2. The van der Waals surface area contributed by atoms with Gasteiger partial charge in [0.25, 0.3) is 0 Å². The average Bonchev–Trinajstić information content (AvgIpc) is 2.82. The molecular formula is C24H26N2O4S2. The molecule has 0 aliphatic carbocycles. The lowest BCUT2D eigenvalue weighted by Gasteiger charge is -2.21. The fraction of sp³-hybridized carbons (Fsp3) is 0.417. The van der Waals surface area contributed by atoms with Crippen molar-refractivity contribution in [3.05, 3.63) is 24.3 Å². The molecule has 2 aliphatic heterocycles. The van der Waals surface area contributed by atoms with Crippen LogP contribution in [0.5, 0.6) is 0 Å². The van der Waals surface area contributed by atoms with Crippen LogP contribution in [0.2, 0.25) is 0 Å². The molecule has 6 nitrogen and oxygen atoms in total. The fourth-order valence-electron chi connectivity index (χ4n) is 3.56. The molecule has 0 radical (unpaired) electrons. The van der Waals surface area contributed by atoms with E-state index in [0.29, 0.717) is 23.3 Å². The summed E-state index contributed by atoms with van der Waals surface area (Å²) in [6, 6.07) is 7.63. The van der Waals surface area contributed by atoms with E-state index in [4.69, 9.17) is 9.47 Å². The predicted molar refractivity (Wildman–Crippen MR) is 131 cm³/mol. The van der Waals surface area contributed by atoms with Crippen LogP contribution < -0.4 is 0 Å². The summed E-state index contributed by atoms with van der Waals surface area (Å²) in [5, 5.41) is 2.61. The molecule has 0 spiro atoms. The second-order valence-corrected chi connectivity index (χ2v) is 9.70. The lowest BCUT2D eigenvalue weighted by atomic mass is 10.1. The minimum atomic E-state index is -0.384. The number of thioether (sulfide) groups is 2. The number of benzene rings is 2. The molecule has 0 atom stereocenters. The zero-order valence-electron chi connectivity index (χ0n) is 18.3. The summed E-state index contributed by atoms with van der Waals surface area (Å²) < 4.78 is 10.8. The summed E-state index contributed by atoms with van der Waals surface area (Å²) in [6.45, 7) is 5.05. The highest BCUT2D eigenvalue weighted by Gasteiger charge is 2.28. The van der Waals surface area contributed by atoms with Crippen LogP contribution in [0, 0.1) is 0 Å². The van der Waals surface area contributed by atoms with E-state index in [1.165, 1.54) is 23.5 Å². The maximum absolute atomic E-state index is 12.5. The molecule has 4 rings (SSSR count). The van der Waals surface area contributed by atoms with Crippen LogP contribution in [0.25, 0.3) is 10.8 Å². The Labute approximate surface area is 196 Å². The van der Waals surface area contributed by atoms with Crippen molar-refractivity contribution in [2.75, 3.05) is 13.2 Å². The summed E-state index contributed by atoms with van der Waals surface area (Å²) in [6.07, 6.45) is 5.94. The molecule has 0 amide bonds. The lowest BCUT2D eigenvalue weighted by Crippen LogP contribution is -2.17. The third-order valence-electron chi connectivity index (χ3n) is 5.21. The van der Waals surface area contributed by atoms with E-state index in [-0.39, 0.29) is 11.9 Å². The van der Waals surface area contributed by atoms with Crippen LogP contribution in [0.1, 0.15) is 52.4 Å². The number of carbonyl (C=O) groups excluding carboxylic acids is 2. The number of unbranched alkanes of at least 4 members (excludes halogenated alkanes) is 4. The van der Waals surface area contributed by atoms with E-state index in [1.54, 1.807) is 0 Å². The van der Waals surface area contributed by atoms with E-state index in [0.717, 1.165) is 70.5 Å². The van der Waals surface area contributed by atoms with Gasteiger partial charge in [0.2, 0.25) is 0 Å². The number of hydrogen-bond acceptors (Lipinski definition) is 8.